The molecule has 0 N–H and O–H groups in total. The molecular weight excluding hydrogens is 324 g/mol. The van der Waals surface area contributed by atoms with Gasteiger partial charge in [-0.1, -0.05) is 48.0 Å². The Balaban J connectivity index is 3.44. The van der Waals surface area contributed by atoms with Crippen LogP contribution >= 0.6 is 0 Å². The van der Waals surface area contributed by atoms with E-state index in [4.69, 9.17) is 9.47 Å². The SMILES string of the molecule is CN(CCCCC(C)(C)C)CCN(C)CCOCCOCCC(C)(C)C. The van der Waals surface area contributed by atoms with Crippen LogP contribution in [-0.4, -0.2) is 76.5 Å². The van der Waals surface area contributed by atoms with Gasteiger partial charge in [-0.15, -0.1) is 0 Å². The van der Waals surface area contributed by atoms with E-state index in [-0.39, 0.29) is 0 Å². The van der Waals surface area contributed by atoms with Crippen molar-refractivity contribution in [2.24, 2.45) is 10.8 Å². The second-order valence-electron chi connectivity index (χ2n) is 10.2. The summed E-state index contributed by atoms with van der Waals surface area (Å²) in [6.45, 7) is 21.1. The van der Waals surface area contributed by atoms with E-state index in [2.05, 4.69) is 65.4 Å². The van der Waals surface area contributed by atoms with Crippen molar-refractivity contribution in [3.63, 3.8) is 0 Å². The highest BCUT2D eigenvalue weighted by atomic mass is 16.5. The van der Waals surface area contributed by atoms with E-state index in [0.29, 0.717) is 24.0 Å². The Morgan fingerprint density at radius 2 is 1.04 bits per heavy atom. The Labute approximate surface area is 164 Å². The Morgan fingerprint density at radius 1 is 0.538 bits per heavy atom. The van der Waals surface area contributed by atoms with Crippen molar-refractivity contribution in [3.05, 3.63) is 0 Å². The topological polar surface area (TPSA) is 24.9 Å². The lowest BCUT2D eigenvalue weighted by atomic mass is 9.90. The van der Waals surface area contributed by atoms with Crippen molar-refractivity contribution in [2.45, 2.75) is 67.2 Å². The van der Waals surface area contributed by atoms with Gasteiger partial charge in [-0.2, -0.15) is 0 Å². The van der Waals surface area contributed by atoms with E-state index in [1.807, 2.05) is 0 Å². The summed E-state index contributed by atoms with van der Waals surface area (Å²) in [5, 5.41) is 0. The zero-order valence-corrected chi connectivity index (χ0v) is 19.2. The summed E-state index contributed by atoms with van der Waals surface area (Å²) in [6, 6.07) is 0. The van der Waals surface area contributed by atoms with Crippen LogP contribution in [0.5, 0.6) is 0 Å². The molecule has 0 amide bonds. The number of ether oxygens (including phenoxy) is 2. The lowest BCUT2D eigenvalue weighted by Crippen LogP contribution is -2.33. The van der Waals surface area contributed by atoms with Gasteiger partial charge in [0, 0.05) is 26.2 Å². The molecule has 0 heterocycles. The maximum atomic E-state index is 5.67. The predicted octanol–water partition coefficient (Wildman–Crippen LogP) is 4.54. The molecule has 4 nitrogen and oxygen atoms in total. The molecule has 0 atom stereocenters. The van der Waals surface area contributed by atoms with Gasteiger partial charge in [0.05, 0.1) is 19.8 Å². The molecule has 0 aliphatic carbocycles. The van der Waals surface area contributed by atoms with Gasteiger partial charge in [0.2, 0.25) is 0 Å². The highest BCUT2D eigenvalue weighted by Crippen LogP contribution is 2.21. The number of rotatable bonds is 15. The van der Waals surface area contributed by atoms with Crippen LogP contribution in [0.2, 0.25) is 0 Å². The molecule has 0 spiro atoms. The fraction of sp³-hybridized carbons (Fsp3) is 1.00. The van der Waals surface area contributed by atoms with E-state index < -0.39 is 0 Å². The zero-order chi connectivity index (χ0) is 20.1. The molecule has 0 bridgehead atoms. The second kappa shape index (κ2) is 13.9. The number of hydrogen-bond donors (Lipinski definition) is 0. The van der Waals surface area contributed by atoms with Crippen LogP contribution in [0.3, 0.4) is 0 Å². The first-order valence-corrected chi connectivity index (χ1v) is 10.5. The normalized spacial score (nSPS) is 13.2. The first-order chi connectivity index (χ1) is 12.0. The van der Waals surface area contributed by atoms with E-state index >= 15 is 0 Å². The van der Waals surface area contributed by atoms with Gasteiger partial charge in [0.1, 0.15) is 0 Å². The Morgan fingerprint density at radius 3 is 1.58 bits per heavy atom. The van der Waals surface area contributed by atoms with Gasteiger partial charge in [-0.25, -0.2) is 0 Å². The monoisotopic (exact) mass is 372 g/mol. The maximum Gasteiger partial charge on any atom is 0.0701 e. The highest BCUT2D eigenvalue weighted by molar-refractivity contribution is 4.63. The molecule has 158 valence electrons. The van der Waals surface area contributed by atoms with Crippen molar-refractivity contribution in [3.8, 4) is 0 Å². The smallest absolute Gasteiger partial charge is 0.0701 e. The van der Waals surface area contributed by atoms with Crippen molar-refractivity contribution in [2.75, 3.05) is 66.7 Å². The van der Waals surface area contributed by atoms with E-state index in [9.17, 15) is 0 Å². The predicted molar refractivity (Wildman–Crippen MR) is 114 cm³/mol. The van der Waals surface area contributed by atoms with Gasteiger partial charge < -0.3 is 19.3 Å². The Kier molecular flexibility index (Phi) is 13.8. The summed E-state index contributed by atoms with van der Waals surface area (Å²) in [6.07, 6.45) is 5.04. The van der Waals surface area contributed by atoms with Gasteiger partial charge >= 0.3 is 0 Å². The Hall–Kier alpha value is -0.160. The molecule has 0 aromatic heterocycles. The number of likely N-dealkylation sites (N-methyl/N-ethyl adjacent to an activating group) is 2. The molecule has 0 aromatic rings. The molecule has 0 saturated heterocycles. The van der Waals surface area contributed by atoms with Gasteiger partial charge in [-0.3, -0.25) is 0 Å². The van der Waals surface area contributed by atoms with E-state index in [1.165, 1.54) is 25.8 Å². The lowest BCUT2D eigenvalue weighted by molar-refractivity contribution is 0.0326. The van der Waals surface area contributed by atoms with Crippen LogP contribution in [0.15, 0.2) is 0 Å². The second-order valence-corrected chi connectivity index (χ2v) is 10.2. The third-order valence-electron chi connectivity index (χ3n) is 4.57. The van der Waals surface area contributed by atoms with E-state index in [1.54, 1.807) is 0 Å². The van der Waals surface area contributed by atoms with Gasteiger partial charge in [-0.05, 0) is 50.7 Å². The maximum absolute atomic E-state index is 5.67. The molecule has 4 heteroatoms. The van der Waals surface area contributed by atoms with Crippen molar-refractivity contribution < 1.29 is 9.47 Å². The first kappa shape index (κ1) is 25.8. The third-order valence-corrected chi connectivity index (χ3v) is 4.57. The van der Waals surface area contributed by atoms with Crippen LogP contribution in [0.1, 0.15) is 67.2 Å². The molecule has 0 aliphatic rings. The van der Waals surface area contributed by atoms with Gasteiger partial charge in [0.15, 0.2) is 0 Å². The summed E-state index contributed by atoms with van der Waals surface area (Å²) >= 11 is 0. The van der Waals surface area contributed by atoms with Crippen LogP contribution in [0.4, 0.5) is 0 Å². The van der Waals surface area contributed by atoms with E-state index in [0.717, 1.165) is 39.3 Å². The summed E-state index contributed by atoms with van der Waals surface area (Å²) < 4.78 is 11.3. The minimum absolute atomic E-state index is 0.351. The standard InChI is InChI=1S/C22H48N2O2/c1-21(2,3)11-9-10-13-23(7)14-15-24(8)16-18-26-20-19-25-17-12-22(4,5)6/h9-20H2,1-8H3. The Bertz CT molecular complexity index is 321. The fourth-order valence-corrected chi connectivity index (χ4v) is 2.52. The molecule has 0 aromatic carbocycles. The average molecular weight is 373 g/mol. The van der Waals surface area contributed by atoms with Crippen LogP contribution in [0.25, 0.3) is 0 Å². The van der Waals surface area contributed by atoms with Crippen LogP contribution in [0, 0.1) is 10.8 Å². The van der Waals surface area contributed by atoms with Gasteiger partial charge in [0.25, 0.3) is 0 Å². The summed E-state index contributed by atoms with van der Waals surface area (Å²) in [4.78, 5) is 4.80. The molecule has 0 fully saturated rings. The molecule has 26 heavy (non-hydrogen) atoms. The molecule has 0 rings (SSSR count). The minimum Gasteiger partial charge on any atom is -0.379 e. The number of unbranched alkanes of at least 4 members (excludes halogenated alkanes) is 1. The average Bonchev–Trinajstić information content (AvgIpc) is 2.50. The highest BCUT2D eigenvalue weighted by Gasteiger charge is 2.10. The van der Waals surface area contributed by atoms with Crippen molar-refractivity contribution >= 4 is 0 Å². The number of nitrogens with zero attached hydrogens (tertiary/aromatic N) is 2. The lowest BCUT2D eigenvalue weighted by Gasteiger charge is -2.23. The molecule has 0 radical (unpaired) electrons. The summed E-state index contributed by atoms with van der Waals surface area (Å²) in [5.74, 6) is 0. The quantitative estimate of drug-likeness (QED) is 0.394. The van der Waals surface area contributed by atoms with Crippen molar-refractivity contribution in [1.29, 1.82) is 0 Å². The van der Waals surface area contributed by atoms with Crippen molar-refractivity contribution in [1.82, 2.24) is 9.80 Å². The molecular formula is C22H48N2O2. The molecule has 0 unspecified atom stereocenters. The largest absolute Gasteiger partial charge is 0.379 e. The summed E-state index contributed by atoms with van der Waals surface area (Å²) in [7, 11) is 4.41. The third kappa shape index (κ3) is 20.2. The summed E-state index contributed by atoms with van der Waals surface area (Å²) in [5.41, 5.74) is 0.819. The van der Waals surface area contributed by atoms with Crippen LogP contribution < -0.4 is 0 Å². The minimum atomic E-state index is 0.351. The number of hydrogen-bond acceptors (Lipinski definition) is 4. The molecule has 0 saturated carbocycles. The first-order valence-electron chi connectivity index (χ1n) is 10.5. The fourth-order valence-electron chi connectivity index (χ4n) is 2.52. The molecule has 0 aliphatic heterocycles. The zero-order valence-electron chi connectivity index (χ0n) is 19.2. The van der Waals surface area contributed by atoms with Crippen LogP contribution in [-0.2, 0) is 9.47 Å².